The van der Waals surface area contributed by atoms with Crippen molar-refractivity contribution in [1.29, 1.82) is 5.26 Å². The average Bonchev–Trinajstić information content (AvgIpc) is 3.08. The second-order valence-corrected chi connectivity index (χ2v) is 8.14. The van der Waals surface area contributed by atoms with Gasteiger partial charge in [0.2, 0.25) is 5.78 Å². The van der Waals surface area contributed by atoms with Crippen LogP contribution in [0, 0.1) is 11.3 Å². The van der Waals surface area contributed by atoms with Gasteiger partial charge in [-0.15, -0.1) is 0 Å². The van der Waals surface area contributed by atoms with E-state index in [0.29, 0.717) is 10.6 Å². The number of hydrogen-bond acceptors (Lipinski definition) is 7. The molecule has 0 radical (unpaired) electrons. The second kappa shape index (κ2) is 9.61. The van der Waals surface area contributed by atoms with Gasteiger partial charge in [-0.05, 0) is 36.4 Å². The molecule has 0 atom stereocenters. The monoisotopic (exact) mass is 485 g/mol. The van der Waals surface area contributed by atoms with Crippen LogP contribution >= 0.6 is 27.7 Å². The summed E-state index contributed by atoms with van der Waals surface area (Å²) >= 11 is 4.59. The number of anilines is 1. The molecule has 0 saturated heterocycles. The number of Topliss-reactive ketones (excluding diaryl/α,β-unsaturated/α-hetero) is 1. The summed E-state index contributed by atoms with van der Waals surface area (Å²) in [5.41, 5.74) is 1.20. The van der Waals surface area contributed by atoms with Crippen molar-refractivity contribution in [3.8, 4) is 6.07 Å². The number of nitrogens with zero attached hydrogens (tertiary/aromatic N) is 2. The molecule has 9 heteroatoms. The third kappa shape index (κ3) is 4.90. The zero-order valence-corrected chi connectivity index (χ0v) is 18.2. The molecule has 0 aromatic heterocycles. The maximum absolute atomic E-state index is 12.5. The number of para-hydroxylation sites is 1. The van der Waals surface area contributed by atoms with Crippen LogP contribution in [0.5, 0.6) is 0 Å². The molecule has 1 aliphatic heterocycles. The van der Waals surface area contributed by atoms with Gasteiger partial charge in [-0.2, -0.15) is 5.26 Å². The van der Waals surface area contributed by atoms with Gasteiger partial charge in [0.1, 0.15) is 23.2 Å². The van der Waals surface area contributed by atoms with Crippen LogP contribution in [0.15, 0.2) is 68.5 Å². The smallest absolute Gasteiger partial charge is 0.325 e. The first-order valence-electron chi connectivity index (χ1n) is 8.78. The number of fused-ring (bicyclic) bond motifs is 1. The van der Waals surface area contributed by atoms with Crippen LogP contribution < -0.4 is 10.2 Å². The van der Waals surface area contributed by atoms with E-state index >= 15 is 0 Å². The number of ketones is 1. The van der Waals surface area contributed by atoms with Gasteiger partial charge >= 0.3 is 5.97 Å². The highest BCUT2D eigenvalue weighted by atomic mass is 79.9. The van der Waals surface area contributed by atoms with Crippen molar-refractivity contribution in [2.75, 3.05) is 25.1 Å². The lowest BCUT2D eigenvalue weighted by Gasteiger charge is -2.14. The predicted octanol–water partition coefficient (Wildman–Crippen LogP) is 3.27. The van der Waals surface area contributed by atoms with Gasteiger partial charge in [-0.1, -0.05) is 39.8 Å². The van der Waals surface area contributed by atoms with Crippen LogP contribution in [0.25, 0.3) is 0 Å². The van der Waals surface area contributed by atoms with Crippen LogP contribution in [-0.4, -0.2) is 37.9 Å². The predicted molar refractivity (Wildman–Crippen MR) is 116 cm³/mol. The molecule has 1 heterocycles. The van der Waals surface area contributed by atoms with Crippen molar-refractivity contribution in [2.45, 2.75) is 4.90 Å². The van der Waals surface area contributed by atoms with Gasteiger partial charge in [-0.3, -0.25) is 14.4 Å². The fraction of sp³-hybridized carbons (Fsp3) is 0.143. The lowest BCUT2D eigenvalue weighted by Crippen LogP contribution is -2.31. The van der Waals surface area contributed by atoms with Gasteiger partial charge in [0.25, 0.3) is 5.91 Å². The molecule has 2 aromatic carbocycles. The van der Waals surface area contributed by atoms with Crippen molar-refractivity contribution >= 4 is 51.0 Å². The molecule has 1 N–H and O–H groups in total. The molecular formula is C21H16BrN3O4S. The van der Waals surface area contributed by atoms with E-state index in [9.17, 15) is 19.6 Å². The summed E-state index contributed by atoms with van der Waals surface area (Å²) in [5, 5.41) is 12.4. The first kappa shape index (κ1) is 21.6. The van der Waals surface area contributed by atoms with Gasteiger partial charge in [0.15, 0.2) is 6.61 Å². The van der Waals surface area contributed by atoms with Crippen LogP contribution in [0.1, 0.15) is 10.4 Å². The number of thioether (sulfide) groups is 1. The lowest BCUT2D eigenvalue weighted by molar-refractivity contribution is -0.145. The number of rotatable bonds is 6. The Hall–Kier alpha value is -3.09. The molecule has 0 spiro atoms. The van der Waals surface area contributed by atoms with E-state index in [1.54, 1.807) is 36.2 Å². The Morgan fingerprint density at radius 3 is 2.53 bits per heavy atom. The Morgan fingerprint density at radius 2 is 1.87 bits per heavy atom. The van der Waals surface area contributed by atoms with E-state index in [1.165, 1.54) is 11.8 Å². The van der Waals surface area contributed by atoms with E-state index < -0.39 is 24.3 Å². The number of amides is 1. The molecule has 1 aliphatic rings. The zero-order valence-electron chi connectivity index (χ0n) is 15.8. The molecule has 3 rings (SSSR count). The molecular weight excluding hydrogens is 470 g/mol. The SMILES string of the molecule is CN1/C(=C(\C#N)C(=O)COC(=O)CNC(=O)c2ccc(Br)cc2)Sc2ccccc21. The first-order valence-corrected chi connectivity index (χ1v) is 10.4. The van der Waals surface area contributed by atoms with Crippen LogP contribution in [0.2, 0.25) is 0 Å². The van der Waals surface area contributed by atoms with E-state index in [2.05, 4.69) is 21.2 Å². The Balaban J connectivity index is 1.55. The minimum atomic E-state index is -0.771. The van der Waals surface area contributed by atoms with E-state index in [0.717, 1.165) is 15.1 Å². The van der Waals surface area contributed by atoms with Crippen LogP contribution in [0.3, 0.4) is 0 Å². The highest BCUT2D eigenvalue weighted by molar-refractivity contribution is 9.10. The molecule has 152 valence electrons. The molecule has 30 heavy (non-hydrogen) atoms. The minimum Gasteiger partial charge on any atom is -0.456 e. The fourth-order valence-electron chi connectivity index (χ4n) is 2.68. The standard InChI is InChI=1S/C21H16BrN3O4S/c1-25-16-4-2-3-5-18(16)30-21(25)15(10-23)17(26)12-29-19(27)11-24-20(28)13-6-8-14(22)9-7-13/h2-9H,11-12H2,1H3,(H,24,28)/b21-15-. The Labute approximate surface area is 185 Å². The first-order chi connectivity index (χ1) is 14.4. The summed E-state index contributed by atoms with van der Waals surface area (Å²) in [4.78, 5) is 39.1. The molecule has 0 unspecified atom stereocenters. The molecule has 0 saturated carbocycles. The summed E-state index contributed by atoms with van der Waals surface area (Å²) in [6.07, 6.45) is 0. The molecule has 7 nitrogen and oxygen atoms in total. The third-order valence-electron chi connectivity index (χ3n) is 4.21. The van der Waals surface area contributed by atoms with E-state index in [1.807, 2.05) is 30.3 Å². The number of nitrogens with one attached hydrogen (secondary N) is 1. The summed E-state index contributed by atoms with van der Waals surface area (Å²) in [6, 6.07) is 16.1. The van der Waals surface area contributed by atoms with Crippen molar-refractivity contribution in [3.63, 3.8) is 0 Å². The molecule has 1 amide bonds. The minimum absolute atomic E-state index is 0.0783. The molecule has 0 aliphatic carbocycles. The summed E-state index contributed by atoms with van der Waals surface area (Å²) in [5.74, 6) is -1.81. The molecule has 0 fully saturated rings. The number of esters is 1. The zero-order chi connectivity index (χ0) is 21.7. The topological polar surface area (TPSA) is 99.5 Å². The number of nitriles is 1. The van der Waals surface area contributed by atoms with E-state index in [4.69, 9.17) is 4.74 Å². The van der Waals surface area contributed by atoms with E-state index in [-0.39, 0.29) is 12.1 Å². The molecule has 0 bridgehead atoms. The van der Waals surface area contributed by atoms with Gasteiger partial charge in [0, 0.05) is 22.0 Å². The number of halogens is 1. The van der Waals surface area contributed by atoms with Crippen molar-refractivity contribution < 1.29 is 19.1 Å². The maximum Gasteiger partial charge on any atom is 0.325 e. The summed E-state index contributed by atoms with van der Waals surface area (Å²) in [6.45, 7) is -0.967. The number of ether oxygens (including phenoxy) is 1. The number of carbonyl (C=O) groups excluding carboxylic acids is 3. The van der Waals surface area contributed by atoms with Gasteiger partial charge in [-0.25, -0.2) is 0 Å². The number of carbonyl (C=O) groups is 3. The Morgan fingerprint density at radius 1 is 1.17 bits per heavy atom. The molecule has 2 aromatic rings. The second-order valence-electron chi connectivity index (χ2n) is 6.19. The largest absolute Gasteiger partial charge is 0.456 e. The van der Waals surface area contributed by atoms with Crippen LogP contribution in [0.4, 0.5) is 5.69 Å². The highest BCUT2D eigenvalue weighted by Gasteiger charge is 2.28. The number of benzene rings is 2. The Bertz CT molecular complexity index is 1080. The Kier molecular flexibility index (Phi) is 6.92. The number of hydrogen-bond donors (Lipinski definition) is 1. The quantitative estimate of drug-likeness (QED) is 0.380. The normalized spacial score (nSPS) is 13.8. The fourth-order valence-corrected chi connectivity index (χ4v) is 4.10. The van der Waals surface area contributed by atoms with Crippen molar-refractivity contribution in [3.05, 3.63) is 69.2 Å². The van der Waals surface area contributed by atoms with Crippen molar-refractivity contribution in [2.24, 2.45) is 0 Å². The van der Waals surface area contributed by atoms with Gasteiger partial charge < -0.3 is 15.0 Å². The lowest BCUT2D eigenvalue weighted by atomic mass is 10.2. The summed E-state index contributed by atoms with van der Waals surface area (Å²) < 4.78 is 5.77. The highest BCUT2D eigenvalue weighted by Crippen LogP contribution is 2.46. The maximum atomic E-state index is 12.5. The third-order valence-corrected chi connectivity index (χ3v) is 5.97. The van der Waals surface area contributed by atoms with Crippen molar-refractivity contribution in [1.82, 2.24) is 5.32 Å². The van der Waals surface area contributed by atoms with Gasteiger partial charge in [0.05, 0.1) is 5.69 Å². The van der Waals surface area contributed by atoms with Crippen LogP contribution in [-0.2, 0) is 14.3 Å². The summed E-state index contributed by atoms with van der Waals surface area (Å²) in [7, 11) is 1.77. The average molecular weight is 486 g/mol.